The van der Waals surface area contributed by atoms with E-state index in [0.717, 1.165) is 53.5 Å². The van der Waals surface area contributed by atoms with E-state index in [1.165, 1.54) is 5.56 Å². The molecular weight excluding hydrogens is 360 g/mol. The standard InChI is InChI=1S/C25H28N2O2/c1-27(2,24-13-15-29-16-14-24)18-19-7-11-23(12-8-19)26-25(28)22-10-9-20-5-3-4-6-21(20)17-22/h3-12,17,24H,13-16,18H2,1-2H3/p+1. The van der Waals surface area contributed by atoms with Gasteiger partial charge in [-0.2, -0.15) is 0 Å². The summed E-state index contributed by atoms with van der Waals surface area (Å²) in [5.41, 5.74) is 2.78. The van der Waals surface area contributed by atoms with Gasteiger partial charge in [-0.25, -0.2) is 0 Å². The molecule has 3 aromatic carbocycles. The lowest BCUT2D eigenvalue weighted by Gasteiger charge is -2.40. The van der Waals surface area contributed by atoms with Crippen molar-refractivity contribution in [1.29, 1.82) is 0 Å². The number of rotatable bonds is 5. The smallest absolute Gasteiger partial charge is 0.255 e. The van der Waals surface area contributed by atoms with Crippen LogP contribution >= 0.6 is 0 Å². The summed E-state index contributed by atoms with van der Waals surface area (Å²) in [6.07, 6.45) is 2.24. The van der Waals surface area contributed by atoms with Crippen LogP contribution in [-0.2, 0) is 11.3 Å². The molecule has 4 nitrogen and oxygen atoms in total. The van der Waals surface area contributed by atoms with Gasteiger partial charge in [-0.1, -0.05) is 42.5 Å². The first kappa shape index (κ1) is 19.6. The summed E-state index contributed by atoms with van der Waals surface area (Å²) in [6.45, 7) is 2.71. The largest absolute Gasteiger partial charge is 0.381 e. The van der Waals surface area contributed by atoms with Crippen molar-refractivity contribution in [3.05, 3.63) is 77.9 Å². The van der Waals surface area contributed by atoms with Crippen molar-refractivity contribution in [2.45, 2.75) is 25.4 Å². The van der Waals surface area contributed by atoms with Crippen molar-refractivity contribution >= 4 is 22.4 Å². The highest BCUT2D eigenvalue weighted by Crippen LogP contribution is 2.23. The van der Waals surface area contributed by atoms with Gasteiger partial charge in [0.15, 0.2) is 0 Å². The first-order valence-electron chi connectivity index (χ1n) is 10.3. The molecule has 1 N–H and O–H groups in total. The second-order valence-electron chi connectivity index (χ2n) is 8.49. The molecule has 0 spiro atoms. The number of ether oxygens (including phenoxy) is 1. The second kappa shape index (κ2) is 8.36. The summed E-state index contributed by atoms with van der Waals surface area (Å²) in [5, 5.41) is 5.23. The number of hydrogen-bond acceptors (Lipinski definition) is 2. The first-order chi connectivity index (χ1) is 14.0. The molecule has 1 fully saturated rings. The van der Waals surface area contributed by atoms with Crippen LogP contribution in [0.15, 0.2) is 66.7 Å². The van der Waals surface area contributed by atoms with Gasteiger partial charge in [-0.15, -0.1) is 0 Å². The summed E-state index contributed by atoms with van der Waals surface area (Å²) in [6, 6.07) is 22.7. The van der Waals surface area contributed by atoms with Crippen molar-refractivity contribution < 1.29 is 14.0 Å². The molecule has 4 rings (SSSR count). The molecule has 1 amide bonds. The highest BCUT2D eigenvalue weighted by atomic mass is 16.5. The molecule has 1 aliphatic rings. The third-order valence-electron chi connectivity index (χ3n) is 5.99. The quantitative estimate of drug-likeness (QED) is 0.634. The zero-order chi connectivity index (χ0) is 20.3. The fraction of sp³-hybridized carbons (Fsp3) is 0.320. The molecule has 4 heteroatoms. The molecule has 3 aromatic rings. The van der Waals surface area contributed by atoms with Gasteiger partial charge in [0, 0.05) is 29.7 Å². The fourth-order valence-corrected chi connectivity index (χ4v) is 4.21. The van der Waals surface area contributed by atoms with Crippen LogP contribution < -0.4 is 5.32 Å². The van der Waals surface area contributed by atoms with Gasteiger partial charge in [-0.05, 0) is 35.0 Å². The minimum absolute atomic E-state index is 0.0816. The Morgan fingerprint density at radius 1 is 0.966 bits per heavy atom. The molecule has 0 atom stereocenters. The zero-order valence-corrected chi connectivity index (χ0v) is 17.2. The predicted octanol–water partition coefficient (Wildman–Crippen LogP) is 4.85. The number of quaternary nitrogens is 1. The molecular formula is C25H29N2O2+. The number of anilines is 1. The summed E-state index contributed by atoms with van der Waals surface area (Å²) < 4.78 is 6.47. The van der Waals surface area contributed by atoms with Crippen molar-refractivity contribution in [2.75, 3.05) is 32.6 Å². The van der Waals surface area contributed by atoms with E-state index in [1.54, 1.807) is 0 Å². The van der Waals surface area contributed by atoms with Gasteiger partial charge in [-0.3, -0.25) is 4.79 Å². The number of nitrogens with one attached hydrogen (secondary N) is 1. The molecule has 1 heterocycles. The maximum Gasteiger partial charge on any atom is 0.255 e. The van der Waals surface area contributed by atoms with Crippen molar-refractivity contribution in [2.24, 2.45) is 0 Å². The Bertz CT molecular complexity index is 989. The Balaban J connectivity index is 1.41. The van der Waals surface area contributed by atoms with Gasteiger partial charge in [0.05, 0.1) is 33.4 Å². The van der Waals surface area contributed by atoms with E-state index in [4.69, 9.17) is 4.74 Å². The third kappa shape index (κ3) is 4.66. The Kier molecular flexibility index (Phi) is 5.65. The lowest BCUT2D eigenvalue weighted by atomic mass is 10.0. The van der Waals surface area contributed by atoms with Crippen LogP contribution in [0.3, 0.4) is 0 Å². The zero-order valence-electron chi connectivity index (χ0n) is 17.2. The van der Waals surface area contributed by atoms with Gasteiger partial charge < -0.3 is 14.5 Å². The number of carbonyl (C=O) groups is 1. The Morgan fingerprint density at radius 3 is 2.38 bits per heavy atom. The monoisotopic (exact) mass is 389 g/mol. The maximum atomic E-state index is 12.7. The fourth-order valence-electron chi connectivity index (χ4n) is 4.21. The molecule has 0 aliphatic carbocycles. The third-order valence-corrected chi connectivity index (χ3v) is 5.99. The minimum atomic E-state index is -0.0816. The van der Waals surface area contributed by atoms with Crippen LogP contribution in [0.4, 0.5) is 5.69 Å². The molecule has 0 unspecified atom stereocenters. The lowest BCUT2D eigenvalue weighted by Crippen LogP contribution is -2.50. The molecule has 29 heavy (non-hydrogen) atoms. The topological polar surface area (TPSA) is 38.3 Å². The van der Waals surface area contributed by atoms with Gasteiger partial charge >= 0.3 is 0 Å². The SMILES string of the molecule is C[N+](C)(Cc1ccc(NC(=O)c2ccc3ccccc3c2)cc1)C1CCOCC1. The molecule has 0 saturated carbocycles. The normalized spacial score (nSPS) is 15.4. The molecule has 1 aliphatic heterocycles. The lowest BCUT2D eigenvalue weighted by molar-refractivity contribution is -0.929. The number of fused-ring (bicyclic) bond motifs is 1. The van der Waals surface area contributed by atoms with E-state index >= 15 is 0 Å². The molecule has 150 valence electrons. The molecule has 1 saturated heterocycles. The highest BCUT2D eigenvalue weighted by molar-refractivity contribution is 6.06. The van der Waals surface area contributed by atoms with E-state index < -0.39 is 0 Å². The summed E-state index contributed by atoms with van der Waals surface area (Å²) in [5.74, 6) is -0.0816. The minimum Gasteiger partial charge on any atom is -0.381 e. The van der Waals surface area contributed by atoms with E-state index in [0.29, 0.717) is 11.6 Å². The molecule has 0 aromatic heterocycles. The number of benzene rings is 3. The van der Waals surface area contributed by atoms with Gasteiger partial charge in [0.2, 0.25) is 0 Å². The molecule has 0 bridgehead atoms. The van der Waals surface area contributed by atoms with Crippen molar-refractivity contribution in [1.82, 2.24) is 0 Å². The van der Waals surface area contributed by atoms with Crippen LogP contribution in [-0.4, -0.2) is 43.7 Å². The number of hydrogen-bond donors (Lipinski definition) is 1. The number of amides is 1. The first-order valence-corrected chi connectivity index (χ1v) is 10.3. The number of carbonyl (C=O) groups excluding carboxylic acids is 1. The average Bonchev–Trinajstić information content (AvgIpc) is 2.75. The van der Waals surface area contributed by atoms with Crippen LogP contribution in [0.1, 0.15) is 28.8 Å². The highest BCUT2D eigenvalue weighted by Gasteiger charge is 2.30. The predicted molar refractivity (Wildman–Crippen MR) is 118 cm³/mol. The van der Waals surface area contributed by atoms with Crippen molar-refractivity contribution in [3.63, 3.8) is 0 Å². The van der Waals surface area contributed by atoms with Crippen molar-refractivity contribution in [3.8, 4) is 0 Å². The van der Waals surface area contributed by atoms with Crippen LogP contribution in [0, 0.1) is 0 Å². The molecule has 0 radical (unpaired) electrons. The van der Waals surface area contributed by atoms with Gasteiger partial charge in [0.25, 0.3) is 5.91 Å². The Hall–Kier alpha value is -2.69. The van der Waals surface area contributed by atoms with E-state index in [-0.39, 0.29) is 5.91 Å². The van der Waals surface area contributed by atoms with Gasteiger partial charge in [0.1, 0.15) is 6.54 Å². The van der Waals surface area contributed by atoms with Crippen LogP contribution in [0.25, 0.3) is 10.8 Å². The number of nitrogens with zero attached hydrogens (tertiary/aromatic N) is 1. The summed E-state index contributed by atoms with van der Waals surface area (Å²) >= 11 is 0. The van der Waals surface area contributed by atoms with E-state index in [1.807, 2.05) is 48.5 Å². The second-order valence-corrected chi connectivity index (χ2v) is 8.49. The Morgan fingerprint density at radius 2 is 1.66 bits per heavy atom. The van der Waals surface area contributed by atoms with E-state index in [9.17, 15) is 4.79 Å². The maximum absolute atomic E-state index is 12.7. The van der Waals surface area contributed by atoms with Crippen LogP contribution in [0.2, 0.25) is 0 Å². The Labute approximate surface area is 172 Å². The van der Waals surface area contributed by atoms with E-state index in [2.05, 4.69) is 37.6 Å². The average molecular weight is 390 g/mol. The summed E-state index contributed by atoms with van der Waals surface area (Å²) in [4.78, 5) is 12.7. The van der Waals surface area contributed by atoms with Crippen LogP contribution in [0.5, 0.6) is 0 Å². The summed E-state index contributed by atoms with van der Waals surface area (Å²) in [7, 11) is 4.59.